The first-order valence-corrected chi connectivity index (χ1v) is 5.39. The van der Waals surface area contributed by atoms with Gasteiger partial charge in [0.15, 0.2) is 0 Å². The first kappa shape index (κ1) is 9.78. The van der Waals surface area contributed by atoms with Crippen molar-refractivity contribution in [1.82, 2.24) is 9.97 Å². The smallest absolute Gasteiger partial charge is 0.123 e. The number of nitrogens with zero attached hydrogens (tertiary/aromatic N) is 2. The van der Waals surface area contributed by atoms with Crippen LogP contribution in [0, 0.1) is 0 Å². The summed E-state index contributed by atoms with van der Waals surface area (Å²) in [6.45, 7) is 0. The molecule has 17 heavy (non-hydrogen) atoms. The molecule has 3 heteroatoms. The van der Waals surface area contributed by atoms with Crippen molar-refractivity contribution in [3.63, 3.8) is 0 Å². The van der Waals surface area contributed by atoms with E-state index in [9.17, 15) is 0 Å². The van der Waals surface area contributed by atoms with Gasteiger partial charge in [-0.2, -0.15) is 0 Å². The van der Waals surface area contributed by atoms with Gasteiger partial charge in [0.25, 0.3) is 0 Å². The van der Waals surface area contributed by atoms with Crippen LogP contribution in [0.15, 0.2) is 55.0 Å². The lowest BCUT2D eigenvalue weighted by atomic mass is 10.0. The molecule has 0 radical (unpaired) electrons. The van der Waals surface area contributed by atoms with Crippen LogP contribution in [0.3, 0.4) is 0 Å². The molecular weight excluding hydrogens is 210 g/mol. The van der Waals surface area contributed by atoms with Gasteiger partial charge in [0.1, 0.15) is 5.82 Å². The van der Waals surface area contributed by atoms with Gasteiger partial charge in [0.05, 0.1) is 0 Å². The standard InChI is InChI=1S/C14H11N3/c15-14-8-10(4-7-17-14)12-3-1-2-11-9-16-6-5-13(11)12/h1-9H,(H2,15,17). The largest absolute Gasteiger partial charge is 0.384 e. The molecule has 82 valence electrons. The van der Waals surface area contributed by atoms with Crippen LogP contribution < -0.4 is 5.73 Å². The van der Waals surface area contributed by atoms with Gasteiger partial charge in [0.2, 0.25) is 0 Å². The van der Waals surface area contributed by atoms with E-state index in [0.29, 0.717) is 5.82 Å². The minimum absolute atomic E-state index is 0.536. The van der Waals surface area contributed by atoms with Gasteiger partial charge in [-0.15, -0.1) is 0 Å². The maximum Gasteiger partial charge on any atom is 0.123 e. The molecule has 2 aromatic heterocycles. The summed E-state index contributed by atoms with van der Waals surface area (Å²) in [4.78, 5) is 8.14. The van der Waals surface area contributed by atoms with Crippen LogP contribution in [0.4, 0.5) is 5.82 Å². The first-order valence-electron chi connectivity index (χ1n) is 5.39. The Morgan fingerprint density at radius 3 is 2.82 bits per heavy atom. The van der Waals surface area contributed by atoms with Crippen molar-refractivity contribution in [2.24, 2.45) is 0 Å². The maximum absolute atomic E-state index is 5.72. The van der Waals surface area contributed by atoms with Gasteiger partial charge in [0, 0.05) is 24.0 Å². The number of aromatic nitrogens is 2. The van der Waals surface area contributed by atoms with Crippen LogP contribution in [0.25, 0.3) is 21.9 Å². The third kappa shape index (κ3) is 1.72. The summed E-state index contributed by atoms with van der Waals surface area (Å²) in [5.74, 6) is 0.536. The van der Waals surface area contributed by atoms with Crippen molar-refractivity contribution in [3.8, 4) is 11.1 Å². The highest BCUT2D eigenvalue weighted by Crippen LogP contribution is 2.28. The molecule has 0 fully saturated rings. The SMILES string of the molecule is Nc1cc(-c2cccc3cnccc23)ccn1. The summed E-state index contributed by atoms with van der Waals surface area (Å²) < 4.78 is 0. The molecule has 0 spiro atoms. The Morgan fingerprint density at radius 1 is 1.00 bits per heavy atom. The Morgan fingerprint density at radius 2 is 1.94 bits per heavy atom. The topological polar surface area (TPSA) is 51.8 Å². The number of benzene rings is 1. The Balaban J connectivity index is 2.30. The average Bonchev–Trinajstić information content (AvgIpc) is 2.38. The summed E-state index contributed by atoms with van der Waals surface area (Å²) in [7, 11) is 0. The van der Waals surface area contributed by atoms with E-state index >= 15 is 0 Å². The summed E-state index contributed by atoms with van der Waals surface area (Å²) in [6.07, 6.45) is 5.39. The Kier molecular flexibility index (Phi) is 2.22. The fourth-order valence-corrected chi connectivity index (χ4v) is 1.99. The number of nitrogens with two attached hydrogens (primary N) is 1. The summed E-state index contributed by atoms with van der Waals surface area (Å²) in [5, 5.41) is 2.30. The molecule has 0 aliphatic carbocycles. The molecule has 3 aromatic rings. The van der Waals surface area contributed by atoms with E-state index in [1.807, 2.05) is 30.5 Å². The van der Waals surface area contributed by atoms with Crippen molar-refractivity contribution < 1.29 is 0 Å². The monoisotopic (exact) mass is 221 g/mol. The highest BCUT2D eigenvalue weighted by atomic mass is 14.8. The molecular formula is C14H11N3. The van der Waals surface area contributed by atoms with E-state index in [-0.39, 0.29) is 0 Å². The molecule has 0 aliphatic heterocycles. The molecule has 0 unspecified atom stereocenters. The van der Waals surface area contributed by atoms with Gasteiger partial charge in [-0.1, -0.05) is 18.2 Å². The summed E-state index contributed by atoms with van der Waals surface area (Å²) in [5.41, 5.74) is 7.95. The molecule has 3 nitrogen and oxygen atoms in total. The number of anilines is 1. The molecule has 0 saturated carbocycles. The predicted octanol–water partition coefficient (Wildman–Crippen LogP) is 2.88. The Labute approximate surface area is 98.9 Å². The minimum Gasteiger partial charge on any atom is -0.384 e. The zero-order valence-electron chi connectivity index (χ0n) is 9.17. The quantitative estimate of drug-likeness (QED) is 0.687. The van der Waals surface area contributed by atoms with Gasteiger partial charge < -0.3 is 5.73 Å². The Bertz CT molecular complexity index is 672. The molecule has 1 aromatic carbocycles. The molecule has 2 N–H and O–H groups in total. The lowest BCUT2D eigenvalue weighted by molar-refractivity contribution is 1.34. The lowest BCUT2D eigenvalue weighted by Crippen LogP contribution is -1.90. The van der Waals surface area contributed by atoms with E-state index in [1.54, 1.807) is 12.4 Å². The second-order valence-corrected chi connectivity index (χ2v) is 3.87. The second kappa shape index (κ2) is 3.87. The maximum atomic E-state index is 5.72. The van der Waals surface area contributed by atoms with Crippen molar-refractivity contribution in [2.75, 3.05) is 5.73 Å². The van der Waals surface area contributed by atoms with Gasteiger partial charge in [-0.3, -0.25) is 4.98 Å². The Hall–Kier alpha value is -2.42. The number of hydrogen-bond acceptors (Lipinski definition) is 3. The van der Waals surface area contributed by atoms with E-state index in [4.69, 9.17) is 5.73 Å². The number of fused-ring (bicyclic) bond motifs is 1. The molecule has 0 bridgehead atoms. The third-order valence-corrected chi connectivity index (χ3v) is 2.77. The van der Waals surface area contributed by atoms with Crippen LogP contribution in [-0.4, -0.2) is 9.97 Å². The molecule has 0 atom stereocenters. The first-order chi connectivity index (χ1) is 8.34. The zero-order chi connectivity index (χ0) is 11.7. The van der Waals surface area contributed by atoms with Crippen LogP contribution >= 0.6 is 0 Å². The van der Waals surface area contributed by atoms with Gasteiger partial charge in [-0.05, 0) is 34.7 Å². The van der Waals surface area contributed by atoms with Crippen LogP contribution in [0.1, 0.15) is 0 Å². The van der Waals surface area contributed by atoms with E-state index in [0.717, 1.165) is 16.5 Å². The van der Waals surface area contributed by atoms with E-state index < -0.39 is 0 Å². The van der Waals surface area contributed by atoms with Crippen LogP contribution in [-0.2, 0) is 0 Å². The normalized spacial score (nSPS) is 10.6. The van der Waals surface area contributed by atoms with Crippen molar-refractivity contribution >= 4 is 16.6 Å². The molecule has 2 heterocycles. The number of nitrogen functional groups attached to an aromatic ring is 1. The number of pyridine rings is 2. The molecule has 0 aliphatic rings. The van der Waals surface area contributed by atoms with E-state index in [1.165, 1.54) is 5.39 Å². The molecule has 0 amide bonds. The fraction of sp³-hybridized carbons (Fsp3) is 0. The van der Waals surface area contributed by atoms with Crippen molar-refractivity contribution in [3.05, 3.63) is 55.0 Å². The summed E-state index contributed by atoms with van der Waals surface area (Å²) >= 11 is 0. The van der Waals surface area contributed by atoms with Crippen LogP contribution in [0.5, 0.6) is 0 Å². The zero-order valence-corrected chi connectivity index (χ0v) is 9.17. The lowest BCUT2D eigenvalue weighted by Gasteiger charge is -2.06. The van der Waals surface area contributed by atoms with Gasteiger partial charge in [-0.25, -0.2) is 4.98 Å². The van der Waals surface area contributed by atoms with E-state index in [2.05, 4.69) is 22.1 Å². The molecule has 0 saturated heterocycles. The number of rotatable bonds is 1. The highest BCUT2D eigenvalue weighted by Gasteiger charge is 2.03. The van der Waals surface area contributed by atoms with Crippen LogP contribution in [0.2, 0.25) is 0 Å². The van der Waals surface area contributed by atoms with Crippen molar-refractivity contribution in [2.45, 2.75) is 0 Å². The fourth-order valence-electron chi connectivity index (χ4n) is 1.99. The molecule has 3 rings (SSSR count). The number of hydrogen-bond donors (Lipinski definition) is 1. The predicted molar refractivity (Wildman–Crippen MR) is 69.4 cm³/mol. The van der Waals surface area contributed by atoms with Gasteiger partial charge >= 0.3 is 0 Å². The summed E-state index contributed by atoms with van der Waals surface area (Å²) in [6, 6.07) is 12.0. The minimum atomic E-state index is 0.536. The third-order valence-electron chi connectivity index (χ3n) is 2.77. The average molecular weight is 221 g/mol. The second-order valence-electron chi connectivity index (χ2n) is 3.87. The van der Waals surface area contributed by atoms with Crippen molar-refractivity contribution in [1.29, 1.82) is 0 Å². The highest BCUT2D eigenvalue weighted by molar-refractivity contribution is 5.96.